The molecular formula is C6H11NO4. The molecule has 0 saturated carbocycles. The third-order valence-corrected chi connectivity index (χ3v) is 1.43. The largest absolute Gasteiger partial charge is 0.600 e. The van der Waals surface area contributed by atoms with E-state index in [2.05, 4.69) is 4.84 Å². The van der Waals surface area contributed by atoms with Gasteiger partial charge in [0.25, 0.3) is 0 Å². The minimum absolute atomic E-state index is 0.194. The molecule has 1 rings (SSSR count). The van der Waals surface area contributed by atoms with Crippen molar-refractivity contribution in [1.29, 1.82) is 0 Å². The molecule has 0 amide bonds. The standard InChI is InChI=1S/C6H11NO4/c1-5(8)11-6-2-3-10-7(9)4-6/h6-7H,2-4H2,1H3. The van der Waals surface area contributed by atoms with Gasteiger partial charge < -0.3 is 9.94 Å². The summed E-state index contributed by atoms with van der Waals surface area (Å²) in [5.41, 5.74) is 0. The Morgan fingerprint density at radius 1 is 1.82 bits per heavy atom. The first-order valence-corrected chi connectivity index (χ1v) is 3.51. The molecule has 1 fully saturated rings. The molecule has 5 heteroatoms. The van der Waals surface area contributed by atoms with Gasteiger partial charge in [-0.15, -0.1) is 0 Å². The van der Waals surface area contributed by atoms with Crippen molar-refractivity contribution in [3.8, 4) is 0 Å². The van der Waals surface area contributed by atoms with Gasteiger partial charge in [-0.1, -0.05) is 0 Å². The highest BCUT2D eigenvalue weighted by Crippen LogP contribution is 1.99. The Bertz CT molecular complexity index is 150. The zero-order chi connectivity index (χ0) is 8.27. The van der Waals surface area contributed by atoms with Crippen molar-refractivity contribution in [1.82, 2.24) is 0 Å². The Morgan fingerprint density at radius 2 is 2.55 bits per heavy atom. The molecule has 5 nitrogen and oxygen atoms in total. The monoisotopic (exact) mass is 161 g/mol. The number of hydrogen-bond acceptors (Lipinski definition) is 4. The van der Waals surface area contributed by atoms with Crippen LogP contribution >= 0.6 is 0 Å². The van der Waals surface area contributed by atoms with E-state index in [4.69, 9.17) is 4.74 Å². The lowest BCUT2D eigenvalue weighted by molar-refractivity contribution is -1.06. The highest BCUT2D eigenvalue weighted by molar-refractivity contribution is 5.66. The Balaban J connectivity index is 2.28. The van der Waals surface area contributed by atoms with Crippen LogP contribution in [0.15, 0.2) is 0 Å². The molecule has 0 aromatic rings. The summed E-state index contributed by atoms with van der Waals surface area (Å²) in [6.45, 7) is 1.89. The van der Waals surface area contributed by atoms with E-state index >= 15 is 0 Å². The van der Waals surface area contributed by atoms with Gasteiger partial charge in [0.1, 0.15) is 13.2 Å². The quantitative estimate of drug-likeness (QED) is 0.381. The number of hydroxylamine groups is 2. The maximum atomic E-state index is 10.6. The Morgan fingerprint density at radius 3 is 3.09 bits per heavy atom. The predicted molar refractivity (Wildman–Crippen MR) is 35.3 cm³/mol. The zero-order valence-corrected chi connectivity index (χ0v) is 6.33. The van der Waals surface area contributed by atoms with Crippen LogP contribution in [0.4, 0.5) is 0 Å². The molecule has 2 atom stereocenters. The van der Waals surface area contributed by atoms with Crippen LogP contribution in [0, 0.1) is 5.21 Å². The van der Waals surface area contributed by atoms with Gasteiger partial charge in [0.2, 0.25) is 0 Å². The van der Waals surface area contributed by atoms with Crippen molar-refractivity contribution >= 4 is 5.97 Å². The summed E-state index contributed by atoms with van der Waals surface area (Å²) in [4.78, 5) is 15.1. The summed E-state index contributed by atoms with van der Waals surface area (Å²) >= 11 is 0. The second-order valence-electron chi connectivity index (χ2n) is 2.44. The highest BCUT2D eigenvalue weighted by Gasteiger charge is 2.21. The number of carbonyl (C=O) groups is 1. The molecule has 1 N–H and O–H groups in total. The molecule has 1 heterocycles. The predicted octanol–water partition coefficient (Wildman–Crippen LogP) is -1.36. The fourth-order valence-corrected chi connectivity index (χ4v) is 0.986. The first-order chi connectivity index (χ1) is 5.18. The molecule has 0 radical (unpaired) electrons. The van der Waals surface area contributed by atoms with Gasteiger partial charge in [0, 0.05) is 13.3 Å². The molecule has 2 unspecified atom stereocenters. The number of quaternary nitrogens is 1. The number of ether oxygens (including phenoxy) is 1. The fourth-order valence-electron chi connectivity index (χ4n) is 0.986. The lowest BCUT2D eigenvalue weighted by atomic mass is 10.2. The third-order valence-electron chi connectivity index (χ3n) is 1.43. The second kappa shape index (κ2) is 3.66. The molecular weight excluding hydrogens is 150 g/mol. The molecule has 1 aliphatic rings. The lowest BCUT2D eigenvalue weighted by Crippen LogP contribution is -3.08. The van der Waals surface area contributed by atoms with E-state index in [0.717, 1.165) is 0 Å². The van der Waals surface area contributed by atoms with Crippen LogP contribution in [-0.2, 0) is 14.4 Å². The molecule has 0 spiro atoms. The van der Waals surface area contributed by atoms with Crippen LogP contribution in [-0.4, -0.2) is 25.2 Å². The van der Waals surface area contributed by atoms with Gasteiger partial charge in [-0.3, -0.25) is 4.79 Å². The summed E-state index contributed by atoms with van der Waals surface area (Å²) in [7, 11) is 0. The van der Waals surface area contributed by atoms with Crippen molar-refractivity contribution < 1.29 is 19.6 Å². The van der Waals surface area contributed by atoms with Gasteiger partial charge in [-0.25, -0.2) is 10.1 Å². The van der Waals surface area contributed by atoms with Crippen molar-refractivity contribution in [2.24, 2.45) is 0 Å². The van der Waals surface area contributed by atoms with Gasteiger partial charge in [0.15, 0.2) is 6.10 Å². The van der Waals surface area contributed by atoms with E-state index in [1.165, 1.54) is 6.92 Å². The van der Waals surface area contributed by atoms with Gasteiger partial charge in [-0.2, -0.15) is 0 Å². The number of carbonyl (C=O) groups excluding carboxylic acids is 1. The van der Waals surface area contributed by atoms with Crippen LogP contribution in [0.3, 0.4) is 0 Å². The molecule has 11 heavy (non-hydrogen) atoms. The van der Waals surface area contributed by atoms with Gasteiger partial charge in [0.05, 0.1) is 0 Å². The van der Waals surface area contributed by atoms with Crippen molar-refractivity contribution in [2.45, 2.75) is 19.4 Å². The van der Waals surface area contributed by atoms with Crippen molar-refractivity contribution in [3.05, 3.63) is 5.21 Å². The Kier molecular flexibility index (Phi) is 2.81. The molecule has 0 bridgehead atoms. The summed E-state index contributed by atoms with van der Waals surface area (Å²) in [5.74, 6) is -0.343. The first-order valence-electron chi connectivity index (χ1n) is 3.51. The molecule has 64 valence electrons. The second-order valence-corrected chi connectivity index (χ2v) is 2.44. The Hall–Kier alpha value is -0.650. The summed E-state index contributed by atoms with van der Waals surface area (Å²) in [6, 6.07) is 0. The molecule has 0 aromatic carbocycles. The SMILES string of the molecule is CC(=O)OC1CCO[NH+]([O-])C1. The van der Waals surface area contributed by atoms with E-state index < -0.39 is 0 Å². The van der Waals surface area contributed by atoms with E-state index in [0.29, 0.717) is 13.0 Å². The van der Waals surface area contributed by atoms with Crippen LogP contribution in [0.25, 0.3) is 0 Å². The van der Waals surface area contributed by atoms with Crippen molar-refractivity contribution in [2.75, 3.05) is 13.2 Å². The molecule has 0 aliphatic carbocycles. The van der Waals surface area contributed by atoms with E-state index in [-0.39, 0.29) is 23.8 Å². The molecule has 0 aromatic heterocycles. The van der Waals surface area contributed by atoms with Crippen LogP contribution in [0.2, 0.25) is 0 Å². The minimum Gasteiger partial charge on any atom is -0.600 e. The third kappa shape index (κ3) is 2.83. The zero-order valence-electron chi connectivity index (χ0n) is 6.33. The fraction of sp³-hybridized carbons (Fsp3) is 0.833. The average Bonchev–Trinajstić information content (AvgIpc) is 1.85. The number of esters is 1. The number of hydrogen-bond donors (Lipinski definition) is 1. The Labute approximate surface area is 64.4 Å². The number of rotatable bonds is 1. The van der Waals surface area contributed by atoms with Crippen molar-refractivity contribution in [3.63, 3.8) is 0 Å². The molecule has 1 aliphatic heterocycles. The normalized spacial score (nSPS) is 31.5. The highest BCUT2D eigenvalue weighted by atomic mass is 16.9. The topological polar surface area (TPSA) is 63.0 Å². The molecule has 1 saturated heterocycles. The smallest absolute Gasteiger partial charge is 0.303 e. The van der Waals surface area contributed by atoms with E-state index in [1.807, 2.05) is 0 Å². The first kappa shape index (κ1) is 8.45. The maximum Gasteiger partial charge on any atom is 0.303 e. The summed E-state index contributed by atoms with van der Waals surface area (Å²) in [6.07, 6.45) is 0.347. The van der Waals surface area contributed by atoms with E-state index in [9.17, 15) is 10.0 Å². The lowest BCUT2D eigenvalue weighted by Gasteiger charge is -2.29. The van der Waals surface area contributed by atoms with Crippen LogP contribution in [0.5, 0.6) is 0 Å². The minimum atomic E-state index is -0.343. The number of nitrogens with one attached hydrogen (secondary N) is 1. The average molecular weight is 161 g/mol. The van der Waals surface area contributed by atoms with Gasteiger partial charge >= 0.3 is 5.97 Å². The summed E-state index contributed by atoms with van der Waals surface area (Å²) in [5, 5.41) is 10.4. The van der Waals surface area contributed by atoms with Gasteiger partial charge in [-0.05, 0) is 0 Å². The maximum absolute atomic E-state index is 10.6. The summed E-state index contributed by atoms with van der Waals surface area (Å²) < 4.78 is 4.82. The van der Waals surface area contributed by atoms with Crippen LogP contribution < -0.4 is 5.23 Å². The van der Waals surface area contributed by atoms with E-state index in [1.54, 1.807) is 0 Å². The van der Waals surface area contributed by atoms with Crippen LogP contribution in [0.1, 0.15) is 13.3 Å².